The standard InChI is InChI=1S/C14H13NO3/c1-9(16)13(14(17)18-2)12-8-7-10-5-3-4-6-11(10)15-12/h3-8,16H,1-2H3. The maximum atomic E-state index is 11.6. The molecule has 0 saturated heterocycles. The average Bonchev–Trinajstić information content (AvgIpc) is 2.38. The van der Waals surface area contributed by atoms with Crippen LogP contribution in [0.15, 0.2) is 42.2 Å². The third-order valence-corrected chi connectivity index (χ3v) is 2.61. The predicted octanol–water partition coefficient (Wildman–Crippen LogP) is 2.70. The van der Waals surface area contributed by atoms with Gasteiger partial charge in [0.15, 0.2) is 0 Å². The number of para-hydroxylation sites is 1. The van der Waals surface area contributed by atoms with Crippen LogP contribution in [0.5, 0.6) is 0 Å². The summed E-state index contributed by atoms with van der Waals surface area (Å²) in [6.07, 6.45) is 0. The lowest BCUT2D eigenvalue weighted by molar-refractivity contribution is -0.133. The van der Waals surface area contributed by atoms with Crippen molar-refractivity contribution in [2.24, 2.45) is 0 Å². The topological polar surface area (TPSA) is 59.4 Å². The highest BCUT2D eigenvalue weighted by Crippen LogP contribution is 2.20. The second kappa shape index (κ2) is 4.87. The zero-order chi connectivity index (χ0) is 13.1. The molecule has 4 nitrogen and oxygen atoms in total. The number of allylic oxidation sites excluding steroid dienone is 1. The normalized spacial score (nSPS) is 12.1. The van der Waals surface area contributed by atoms with Crippen LogP contribution in [-0.2, 0) is 9.53 Å². The fraction of sp³-hybridized carbons (Fsp3) is 0.143. The van der Waals surface area contributed by atoms with E-state index in [0.717, 1.165) is 10.9 Å². The molecule has 0 fully saturated rings. The molecule has 2 rings (SSSR count). The van der Waals surface area contributed by atoms with Gasteiger partial charge in [0.05, 0.1) is 18.3 Å². The first-order chi connectivity index (χ1) is 8.63. The number of carbonyl (C=O) groups excluding carboxylic acids is 1. The maximum absolute atomic E-state index is 11.6. The molecule has 92 valence electrons. The number of rotatable bonds is 2. The highest BCUT2D eigenvalue weighted by Gasteiger charge is 2.17. The number of hydrogen-bond acceptors (Lipinski definition) is 4. The molecule has 0 atom stereocenters. The van der Waals surface area contributed by atoms with Gasteiger partial charge in [0.2, 0.25) is 0 Å². The Balaban J connectivity index is 2.59. The van der Waals surface area contributed by atoms with Gasteiger partial charge in [0.1, 0.15) is 11.3 Å². The fourth-order valence-electron chi connectivity index (χ4n) is 1.74. The number of benzene rings is 1. The third-order valence-electron chi connectivity index (χ3n) is 2.61. The number of fused-ring (bicyclic) bond motifs is 1. The average molecular weight is 243 g/mol. The first kappa shape index (κ1) is 12.1. The van der Waals surface area contributed by atoms with E-state index in [9.17, 15) is 9.90 Å². The SMILES string of the molecule is COC(=O)C(=C(C)O)c1ccc2ccccc2n1. The van der Waals surface area contributed by atoms with Crippen LogP contribution in [0.1, 0.15) is 12.6 Å². The Kier molecular flexibility index (Phi) is 3.28. The minimum atomic E-state index is -0.599. The Morgan fingerprint density at radius 2 is 1.94 bits per heavy atom. The molecule has 1 N–H and O–H groups in total. The maximum Gasteiger partial charge on any atom is 0.343 e. The molecule has 2 aromatic rings. The molecular weight excluding hydrogens is 230 g/mol. The first-order valence-corrected chi connectivity index (χ1v) is 5.48. The number of aliphatic hydroxyl groups excluding tert-OH is 1. The van der Waals surface area contributed by atoms with Crippen LogP contribution in [0.2, 0.25) is 0 Å². The van der Waals surface area contributed by atoms with Crippen molar-refractivity contribution in [3.8, 4) is 0 Å². The quantitative estimate of drug-likeness (QED) is 0.500. The van der Waals surface area contributed by atoms with Gasteiger partial charge in [-0.05, 0) is 19.1 Å². The van der Waals surface area contributed by atoms with Crippen molar-refractivity contribution in [1.82, 2.24) is 4.98 Å². The molecule has 0 unspecified atom stereocenters. The van der Waals surface area contributed by atoms with Gasteiger partial charge >= 0.3 is 5.97 Å². The van der Waals surface area contributed by atoms with E-state index in [0.29, 0.717) is 5.69 Å². The van der Waals surface area contributed by atoms with Gasteiger partial charge < -0.3 is 9.84 Å². The molecule has 18 heavy (non-hydrogen) atoms. The number of aliphatic hydroxyl groups is 1. The van der Waals surface area contributed by atoms with Crippen LogP contribution in [0.3, 0.4) is 0 Å². The van der Waals surface area contributed by atoms with E-state index < -0.39 is 5.97 Å². The van der Waals surface area contributed by atoms with Gasteiger partial charge in [0.25, 0.3) is 0 Å². The van der Waals surface area contributed by atoms with Crippen LogP contribution in [0.25, 0.3) is 16.5 Å². The Hall–Kier alpha value is -2.36. The Morgan fingerprint density at radius 3 is 2.61 bits per heavy atom. The summed E-state index contributed by atoms with van der Waals surface area (Å²) in [5, 5.41) is 10.6. The number of nitrogens with zero attached hydrogens (tertiary/aromatic N) is 1. The molecule has 0 bridgehead atoms. The van der Waals surface area contributed by atoms with E-state index >= 15 is 0 Å². The molecule has 0 aliphatic carbocycles. The van der Waals surface area contributed by atoms with Crippen LogP contribution >= 0.6 is 0 Å². The van der Waals surface area contributed by atoms with Crippen LogP contribution in [-0.4, -0.2) is 23.2 Å². The first-order valence-electron chi connectivity index (χ1n) is 5.48. The van der Waals surface area contributed by atoms with Gasteiger partial charge in [-0.2, -0.15) is 0 Å². The smallest absolute Gasteiger partial charge is 0.343 e. The summed E-state index contributed by atoms with van der Waals surface area (Å²) in [6.45, 7) is 1.43. The number of aromatic nitrogens is 1. The summed E-state index contributed by atoms with van der Waals surface area (Å²) in [5.74, 6) is -0.706. The summed E-state index contributed by atoms with van der Waals surface area (Å²) >= 11 is 0. The zero-order valence-corrected chi connectivity index (χ0v) is 10.2. The number of ether oxygens (including phenoxy) is 1. The Morgan fingerprint density at radius 1 is 1.22 bits per heavy atom. The van der Waals surface area contributed by atoms with Crippen molar-refractivity contribution >= 4 is 22.4 Å². The van der Waals surface area contributed by atoms with E-state index in [-0.39, 0.29) is 11.3 Å². The van der Waals surface area contributed by atoms with E-state index in [1.54, 1.807) is 6.07 Å². The van der Waals surface area contributed by atoms with E-state index in [1.165, 1.54) is 14.0 Å². The van der Waals surface area contributed by atoms with Crippen molar-refractivity contribution in [3.63, 3.8) is 0 Å². The number of pyridine rings is 1. The molecule has 1 aromatic carbocycles. The van der Waals surface area contributed by atoms with Crippen molar-refractivity contribution < 1.29 is 14.6 Å². The highest BCUT2D eigenvalue weighted by molar-refractivity contribution is 6.16. The second-order valence-electron chi connectivity index (χ2n) is 3.84. The largest absolute Gasteiger partial charge is 0.512 e. The number of carbonyl (C=O) groups is 1. The highest BCUT2D eigenvalue weighted by atomic mass is 16.5. The lowest BCUT2D eigenvalue weighted by Gasteiger charge is -2.07. The Labute approximate surface area is 105 Å². The summed E-state index contributed by atoms with van der Waals surface area (Å²) < 4.78 is 4.64. The molecule has 0 radical (unpaired) electrons. The molecule has 0 spiro atoms. The van der Waals surface area contributed by atoms with Crippen LogP contribution < -0.4 is 0 Å². The van der Waals surface area contributed by atoms with Crippen molar-refractivity contribution in [2.45, 2.75) is 6.92 Å². The molecule has 0 aliphatic rings. The summed E-state index contributed by atoms with van der Waals surface area (Å²) in [5.41, 5.74) is 1.25. The van der Waals surface area contributed by atoms with Gasteiger partial charge in [-0.15, -0.1) is 0 Å². The van der Waals surface area contributed by atoms with E-state index in [1.807, 2.05) is 30.3 Å². The van der Waals surface area contributed by atoms with Gasteiger partial charge in [-0.1, -0.05) is 24.3 Å². The molecule has 4 heteroatoms. The summed E-state index contributed by atoms with van der Waals surface area (Å²) in [6, 6.07) is 11.1. The molecule has 1 aromatic heterocycles. The fourth-order valence-corrected chi connectivity index (χ4v) is 1.74. The Bertz CT molecular complexity index is 628. The molecule has 0 aliphatic heterocycles. The van der Waals surface area contributed by atoms with Crippen molar-refractivity contribution in [1.29, 1.82) is 0 Å². The number of hydrogen-bond donors (Lipinski definition) is 1. The van der Waals surface area contributed by atoms with Crippen molar-refractivity contribution in [3.05, 3.63) is 47.9 Å². The predicted molar refractivity (Wildman–Crippen MR) is 69.0 cm³/mol. The molecule has 0 amide bonds. The monoisotopic (exact) mass is 243 g/mol. The van der Waals surface area contributed by atoms with Crippen LogP contribution in [0.4, 0.5) is 0 Å². The minimum Gasteiger partial charge on any atom is -0.512 e. The lowest BCUT2D eigenvalue weighted by Crippen LogP contribution is -2.07. The zero-order valence-electron chi connectivity index (χ0n) is 10.2. The number of esters is 1. The molecule has 1 heterocycles. The minimum absolute atomic E-state index is 0.0863. The lowest BCUT2D eigenvalue weighted by atomic mass is 10.1. The molecular formula is C14H13NO3. The molecule has 0 saturated carbocycles. The van der Waals surface area contributed by atoms with E-state index in [4.69, 9.17) is 0 Å². The summed E-state index contributed by atoms with van der Waals surface area (Å²) in [4.78, 5) is 16.0. The second-order valence-corrected chi connectivity index (χ2v) is 3.84. The van der Waals surface area contributed by atoms with Gasteiger partial charge in [-0.3, -0.25) is 0 Å². The van der Waals surface area contributed by atoms with Crippen LogP contribution in [0, 0.1) is 0 Å². The summed E-state index contributed by atoms with van der Waals surface area (Å²) in [7, 11) is 1.27. The number of methoxy groups -OCH3 is 1. The van der Waals surface area contributed by atoms with Crippen molar-refractivity contribution in [2.75, 3.05) is 7.11 Å². The van der Waals surface area contributed by atoms with Gasteiger partial charge in [0, 0.05) is 5.39 Å². The third kappa shape index (κ3) is 2.18. The van der Waals surface area contributed by atoms with E-state index in [2.05, 4.69) is 9.72 Å². The van der Waals surface area contributed by atoms with Gasteiger partial charge in [-0.25, -0.2) is 9.78 Å².